The number of H-pyrrole nitrogens is 1. The Bertz CT molecular complexity index is 649. The topological polar surface area (TPSA) is 39.9 Å². The number of fused-ring (bicyclic) bond motifs is 1. The lowest BCUT2D eigenvalue weighted by Crippen LogP contribution is -2.20. The molecular weight excluding hydrogens is 234 g/mol. The van der Waals surface area contributed by atoms with Gasteiger partial charge >= 0.3 is 0 Å². The average Bonchev–Trinajstić information content (AvgIpc) is 3.02. The number of para-hydroxylation sites is 1. The number of aromatic amines is 1. The highest BCUT2D eigenvalue weighted by Gasteiger charge is 2.24. The third kappa shape index (κ3) is 2.01. The van der Waals surface area contributed by atoms with Gasteiger partial charge in [0.15, 0.2) is 0 Å². The standard InChI is InChI=1S/C16H19N3/c1-3-7-15-13(4-2)18-16(19-15)12-10-17-14-9-6-5-8-11(12)14/h4-10,16-19H,3H2,1-2H3/b13-4+,15-7+. The van der Waals surface area contributed by atoms with Gasteiger partial charge in [0, 0.05) is 22.7 Å². The van der Waals surface area contributed by atoms with Gasteiger partial charge in [-0.15, -0.1) is 0 Å². The van der Waals surface area contributed by atoms with Gasteiger partial charge in [-0.1, -0.05) is 37.3 Å². The fourth-order valence-corrected chi connectivity index (χ4v) is 2.60. The molecule has 1 atom stereocenters. The number of aromatic nitrogens is 1. The predicted molar refractivity (Wildman–Crippen MR) is 79.4 cm³/mol. The van der Waals surface area contributed by atoms with Crippen LogP contribution in [0.5, 0.6) is 0 Å². The van der Waals surface area contributed by atoms with Crippen LogP contribution in [-0.4, -0.2) is 4.98 Å². The zero-order valence-electron chi connectivity index (χ0n) is 11.3. The van der Waals surface area contributed by atoms with E-state index in [9.17, 15) is 0 Å². The van der Waals surface area contributed by atoms with E-state index in [4.69, 9.17) is 0 Å². The smallest absolute Gasteiger partial charge is 0.125 e. The largest absolute Gasteiger partial charge is 0.361 e. The summed E-state index contributed by atoms with van der Waals surface area (Å²) in [5, 5.41) is 8.35. The minimum Gasteiger partial charge on any atom is -0.361 e. The fraction of sp³-hybridized carbons (Fsp3) is 0.250. The molecule has 98 valence electrons. The maximum atomic E-state index is 3.55. The predicted octanol–water partition coefficient (Wildman–Crippen LogP) is 3.56. The molecule has 1 saturated heterocycles. The third-order valence-corrected chi connectivity index (χ3v) is 3.52. The molecule has 0 saturated carbocycles. The van der Waals surface area contributed by atoms with E-state index >= 15 is 0 Å². The van der Waals surface area contributed by atoms with Crippen molar-refractivity contribution in [2.75, 3.05) is 0 Å². The van der Waals surface area contributed by atoms with Crippen LogP contribution in [0, 0.1) is 0 Å². The van der Waals surface area contributed by atoms with Gasteiger partial charge in [0.25, 0.3) is 0 Å². The number of hydrogen-bond acceptors (Lipinski definition) is 2. The second kappa shape index (κ2) is 4.84. The van der Waals surface area contributed by atoms with Crippen molar-refractivity contribution in [2.45, 2.75) is 26.4 Å². The van der Waals surface area contributed by atoms with Gasteiger partial charge in [-0.3, -0.25) is 0 Å². The van der Waals surface area contributed by atoms with Crippen molar-refractivity contribution in [3.05, 3.63) is 59.6 Å². The van der Waals surface area contributed by atoms with Crippen LogP contribution in [0.25, 0.3) is 10.9 Å². The van der Waals surface area contributed by atoms with Crippen LogP contribution in [0.15, 0.2) is 54.0 Å². The average molecular weight is 253 g/mol. The molecule has 3 heteroatoms. The second-order valence-corrected chi connectivity index (χ2v) is 4.74. The molecule has 1 aliphatic heterocycles. The van der Waals surface area contributed by atoms with E-state index in [0.29, 0.717) is 0 Å². The van der Waals surface area contributed by atoms with Crippen molar-refractivity contribution in [2.24, 2.45) is 0 Å². The van der Waals surface area contributed by atoms with Crippen LogP contribution >= 0.6 is 0 Å². The Balaban J connectivity index is 1.98. The zero-order valence-corrected chi connectivity index (χ0v) is 11.3. The van der Waals surface area contributed by atoms with Crippen molar-refractivity contribution < 1.29 is 0 Å². The van der Waals surface area contributed by atoms with Gasteiger partial charge in [-0.2, -0.15) is 0 Å². The summed E-state index contributed by atoms with van der Waals surface area (Å²) in [6.07, 6.45) is 7.58. The van der Waals surface area contributed by atoms with Crippen LogP contribution in [0.2, 0.25) is 0 Å². The molecule has 3 N–H and O–H groups in total. The van der Waals surface area contributed by atoms with E-state index in [1.54, 1.807) is 0 Å². The van der Waals surface area contributed by atoms with Crippen LogP contribution in [-0.2, 0) is 0 Å². The summed E-state index contributed by atoms with van der Waals surface area (Å²) >= 11 is 0. The molecule has 1 aliphatic rings. The highest BCUT2D eigenvalue weighted by molar-refractivity contribution is 5.83. The first-order valence-electron chi connectivity index (χ1n) is 6.79. The first-order chi connectivity index (χ1) is 9.33. The molecule has 1 fully saturated rings. The molecule has 0 radical (unpaired) electrons. The monoisotopic (exact) mass is 253 g/mol. The molecule has 3 rings (SSSR count). The SMILES string of the molecule is C/C=C1/NC(c2c[nH]c3ccccc23)N/C1=C/CC. The minimum atomic E-state index is 0.139. The molecule has 3 nitrogen and oxygen atoms in total. The van der Waals surface area contributed by atoms with Crippen molar-refractivity contribution in [3.63, 3.8) is 0 Å². The second-order valence-electron chi connectivity index (χ2n) is 4.74. The van der Waals surface area contributed by atoms with Gasteiger partial charge < -0.3 is 15.6 Å². The summed E-state index contributed by atoms with van der Waals surface area (Å²) in [6, 6.07) is 8.39. The molecule has 1 aromatic carbocycles. The fourth-order valence-electron chi connectivity index (χ4n) is 2.60. The summed E-state index contributed by atoms with van der Waals surface area (Å²) in [5.74, 6) is 0. The highest BCUT2D eigenvalue weighted by Crippen LogP contribution is 2.28. The number of nitrogens with one attached hydrogen (secondary N) is 3. The molecule has 19 heavy (non-hydrogen) atoms. The molecule has 1 unspecified atom stereocenters. The maximum Gasteiger partial charge on any atom is 0.125 e. The number of rotatable bonds is 2. The Labute approximate surface area is 113 Å². The quantitative estimate of drug-likeness (QED) is 0.766. The first kappa shape index (κ1) is 11.9. The summed E-state index contributed by atoms with van der Waals surface area (Å²) in [7, 11) is 0. The lowest BCUT2D eigenvalue weighted by molar-refractivity contribution is 0.615. The molecular formula is C16H19N3. The molecule has 1 aromatic heterocycles. The van der Waals surface area contributed by atoms with Crippen LogP contribution in [0.1, 0.15) is 32.0 Å². The van der Waals surface area contributed by atoms with Gasteiger partial charge in [-0.25, -0.2) is 0 Å². The van der Waals surface area contributed by atoms with Crippen molar-refractivity contribution in [1.29, 1.82) is 0 Å². The van der Waals surface area contributed by atoms with E-state index in [2.05, 4.69) is 72.1 Å². The summed E-state index contributed by atoms with van der Waals surface area (Å²) < 4.78 is 0. The highest BCUT2D eigenvalue weighted by atomic mass is 15.2. The minimum absolute atomic E-state index is 0.139. The molecule has 0 aliphatic carbocycles. The van der Waals surface area contributed by atoms with Crippen LogP contribution in [0.4, 0.5) is 0 Å². The van der Waals surface area contributed by atoms with Crippen molar-refractivity contribution in [3.8, 4) is 0 Å². The van der Waals surface area contributed by atoms with Crippen LogP contribution in [0.3, 0.4) is 0 Å². The molecule has 2 heterocycles. The van der Waals surface area contributed by atoms with Crippen LogP contribution < -0.4 is 10.6 Å². The summed E-state index contributed by atoms with van der Waals surface area (Å²) in [6.45, 7) is 4.21. The lowest BCUT2D eigenvalue weighted by Gasteiger charge is -2.10. The van der Waals surface area contributed by atoms with Gasteiger partial charge in [0.2, 0.25) is 0 Å². The summed E-state index contributed by atoms with van der Waals surface area (Å²) in [4.78, 5) is 3.33. The van der Waals surface area contributed by atoms with E-state index < -0.39 is 0 Å². The van der Waals surface area contributed by atoms with Crippen molar-refractivity contribution in [1.82, 2.24) is 15.6 Å². The van der Waals surface area contributed by atoms with E-state index in [0.717, 1.165) is 6.42 Å². The Morgan fingerprint density at radius 3 is 2.74 bits per heavy atom. The first-order valence-corrected chi connectivity index (χ1v) is 6.79. The van der Waals surface area contributed by atoms with E-state index in [-0.39, 0.29) is 6.17 Å². The summed E-state index contributed by atoms with van der Waals surface area (Å²) in [5.41, 5.74) is 4.81. The Morgan fingerprint density at radius 1 is 1.16 bits per heavy atom. The zero-order chi connectivity index (χ0) is 13.2. The number of allylic oxidation sites excluding steroid dienone is 2. The maximum absolute atomic E-state index is 3.55. The van der Waals surface area contributed by atoms with Gasteiger partial charge in [0.1, 0.15) is 6.17 Å². The van der Waals surface area contributed by atoms with E-state index in [1.165, 1.54) is 27.9 Å². The molecule has 0 spiro atoms. The molecule has 0 bridgehead atoms. The number of hydrogen-bond donors (Lipinski definition) is 3. The number of benzene rings is 1. The van der Waals surface area contributed by atoms with Gasteiger partial charge in [-0.05, 0) is 19.4 Å². The Kier molecular flexibility index (Phi) is 3.03. The molecule has 2 aromatic rings. The van der Waals surface area contributed by atoms with Gasteiger partial charge in [0.05, 0.1) is 11.4 Å². The normalized spacial score (nSPS) is 22.9. The van der Waals surface area contributed by atoms with Crippen molar-refractivity contribution >= 4 is 10.9 Å². The van der Waals surface area contributed by atoms with E-state index in [1.807, 2.05) is 0 Å². The Hall–Kier alpha value is -2.16. The molecule has 0 amide bonds. The lowest BCUT2D eigenvalue weighted by atomic mass is 10.1. The third-order valence-electron chi connectivity index (χ3n) is 3.52. The Morgan fingerprint density at radius 2 is 1.95 bits per heavy atom.